The average Bonchev–Trinajstić information content (AvgIpc) is 3.93. The minimum absolute atomic E-state index is 0.601. The molecular weight excluding hydrogens is 715 g/mol. The first-order chi connectivity index (χ1) is 28.3. The van der Waals surface area contributed by atoms with E-state index < -0.39 is 0 Å². The molecule has 4 aromatic heterocycles. The average molecular weight is 746 g/mol. The molecule has 0 spiro atoms. The summed E-state index contributed by atoms with van der Waals surface area (Å²) in [5.41, 5.74) is 9.25. The zero-order valence-electron chi connectivity index (χ0n) is 30.5. The quantitative estimate of drug-likeness (QED) is 0.176. The number of nitrogens with zero attached hydrogens (tertiary/aromatic N) is 5. The fourth-order valence-electron chi connectivity index (χ4n) is 8.68. The van der Waals surface area contributed by atoms with Gasteiger partial charge in [0.15, 0.2) is 17.5 Å². The van der Waals surface area contributed by atoms with Gasteiger partial charge in [0.25, 0.3) is 0 Å². The van der Waals surface area contributed by atoms with Gasteiger partial charge in [0, 0.05) is 52.8 Å². The third-order valence-corrected chi connectivity index (χ3v) is 12.3. The second-order valence-electron chi connectivity index (χ2n) is 14.4. The van der Waals surface area contributed by atoms with Gasteiger partial charge in [0.2, 0.25) is 0 Å². The van der Waals surface area contributed by atoms with E-state index in [9.17, 15) is 0 Å². The molecule has 266 valence electrons. The Hall–Kier alpha value is -7.41. The highest BCUT2D eigenvalue weighted by molar-refractivity contribution is 7.25. The van der Waals surface area contributed by atoms with Crippen molar-refractivity contribution in [1.82, 2.24) is 24.1 Å². The number of rotatable bonds is 5. The normalized spacial score (nSPS) is 11.9. The lowest BCUT2D eigenvalue weighted by Gasteiger charge is -2.20. The summed E-state index contributed by atoms with van der Waals surface area (Å²) >= 11 is 1.84. The number of aromatic nitrogens is 5. The molecule has 0 aliphatic rings. The lowest BCUT2D eigenvalue weighted by atomic mass is 10.1. The predicted molar refractivity (Wildman–Crippen MR) is 238 cm³/mol. The number of hydrogen-bond donors (Lipinski definition) is 0. The van der Waals surface area contributed by atoms with Crippen molar-refractivity contribution in [1.29, 1.82) is 0 Å². The predicted octanol–water partition coefficient (Wildman–Crippen LogP) is 13.4. The fourth-order valence-corrected chi connectivity index (χ4v) is 9.80. The highest BCUT2D eigenvalue weighted by Crippen LogP contribution is 2.44. The van der Waals surface area contributed by atoms with Crippen molar-refractivity contribution in [3.8, 4) is 45.5 Å². The molecule has 0 N–H and O–H groups in total. The van der Waals surface area contributed by atoms with Crippen LogP contribution in [0.25, 0.3) is 109 Å². The van der Waals surface area contributed by atoms with Gasteiger partial charge >= 0.3 is 0 Å². The lowest BCUT2D eigenvalue weighted by Crippen LogP contribution is -2.07. The molecule has 0 aliphatic heterocycles. The van der Waals surface area contributed by atoms with E-state index in [1.54, 1.807) is 0 Å². The molecule has 0 unspecified atom stereocenters. The Labute approximate surface area is 331 Å². The highest BCUT2D eigenvalue weighted by Gasteiger charge is 2.25. The summed E-state index contributed by atoms with van der Waals surface area (Å²) in [5.74, 6) is 1.84. The van der Waals surface area contributed by atoms with Crippen LogP contribution in [-0.2, 0) is 0 Å². The standard InChI is InChI=1S/C51H31N5S/c1-3-16-32(17-4-1)49-52-50(33-18-5-2-6-19-33)54-51(53-49)48-43(55-40-24-11-7-20-34(40)35-21-8-12-25-41(35)55)27-15-28-44(48)56-42-26-13-9-22-36(42)38-30-39-37-23-10-14-29-46(37)57-47(39)31-45(38)56/h1-31H. The van der Waals surface area contributed by atoms with Crippen LogP contribution in [0.5, 0.6) is 0 Å². The third-order valence-electron chi connectivity index (χ3n) is 11.2. The lowest BCUT2D eigenvalue weighted by molar-refractivity contribution is 1.05. The van der Waals surface area contributed by atoms with Crippen LogP contribution in [0.15, 0.2) is 188 Å². The zero-order chi connectivity index (χ0) is 37.5. The van der Waals surface area contributed by atoms with Crippen molar-refractivity contribution in [2.24, 2.45) is 0 Å². The number of benzene rings is 8. The van der Waals surface area contributed by atoms with Crippen molar-refractivity contribution < 1.29 is 0 Å². The second kappa shape index (κ2) is 12.6. The Balaban J connectivity index is 1.25. The molecule has 0 atom stereocenters. The van der Waals surface area contributed by atoms with Crippen LogP contribution in [0.2, 0.25) is 0 Å². The van der Waals surface area contributed by atoms with Crippen LogP contribution >= 0.6 is 11.3 Å². The zero-order valence-corrected chi connectivity index (χ0v) is 31.4. The SMILES string of the molecule is c1ccc(-c2nc(-c3ccccc3)nc(-c3c(-n4c5ccccc5c5ccccc54)cccc3-n3c4ccccc4c4cc5c(cc43)sc3ccccc35)n2)cc1. The van der Waals surface area contributed by atoms with Crippen LogP contribution in [-0.4, -0.2) is 24.1 Å². The molecule has 0 aliphatic carbocycles. The van der Waals surface area contributed by atoms with Gasteiger partial charge in [0.1, 0.15) is 0 Å². The van der Waals surface area contributed by atoms with E-state index in [-0.39, 0.29) is 0 Å². The molecule has 0 fully saturated rings. The topological polar surface area (TPSA) is 48.5 Å². The first-order valence-corrected chi connectivity index (χ1v) is 19.9. The van der Waals surface area contributed by atoms with Crippen molar-refractivity contribution in [3.63, 3.8) is 0 Å². The molecule has 12 rings (SSSR count). The molecule has 0 saturated carbocycles. The highest BCUT2D eigenvalue weighted by atomic mass is 32.1. The minimum Gasteiger partial charge on any atom is -0.308 e. The number of thiophene rings is 1. The summed E-state index contributed by atoms with van der Waals surface area (Å²) in [5, 5.41) is 7.36. The Morgan fingerprint density at radius 3 is 1.35 bits per heavy atom. The summed E-state index contributed by atoms with van der Waals surface area (Å²) < 4.78 is 7.35. The van der Waals surface area contributed by atoms with Crippen molar-refractivity contribution in [3.05, 3.63) is 188 Å². The number of fused-ring (bicyclic) bond motifs is 9. The van der Waals surface area contributed by atoms with Crippen molar-refractivity contribution in [2.75, 3.05) is 0 Å². The molecule has 0 bridgehead atoms. The Morgan fingerprint density at radius 1 is 0.316 bits per heavy atom. The molecule has 57 heavy (non-hydrogen) atoms. The second-order valence-corrected chi connectivity index (χ2v) is 15.5. The first-order valence-electron chi connectivity index (χ1n) is 19.1. The van der Waals surface area contributed by atoms with E-state index in [2.05, 4.69) is 161 Å². The van der Waals surface area contributed by atoms with Gasteiger partial charge in [-0.15, -0.1) is 11.3 Å². The van der Waals surface area contributed by atoms with Crippen molar-refractivity contribution in [2.45, 2.75) is 0 Å². The van der Waals surface area contributed by atoms with Crippen LogP contribution in [0.4, 0.5) is 0 Å². The molecule has 6 heteroatoms. The van der Waals surface area contributed by atoms with Gasteiger partial charge in [-0.3, -0.25) is 0 Å². The van der Waals surface area contributed by atoms with Crippen LogP contribution < -0.4 is 0 Å². The third kappa shape index (κ3) is 4.91. The molecule has 0 amide bonds. The molecule has 0 saturated heterocycles. The van der Waals surface area contributed by atoms with E-state index in [1.807, 2.05) is 47.7 Å². The van der Waals surface area contributed by atoms with Gasteiger partial charge in [-0.05, 0) is 48.5 Å². The summed E-state index contributed by atoms with van der Waals surface area (Å²) in [6.07, 6.45) is 0. The first kappa shape index (κ1) is 31.9. The molecule has 0 radical (unpaired) electrons. The molecule has 5 nitrogen and oxygen atoms in total. The van der Waals surface area contributed by atoms with Gasteiger partial charge in [-0.1, -0.05) is 140 Å². The van der Waals surface area contributed by atoms with E-state index in [1.165, 1.54) is 41.7 Å². The number of hydrogen-bond acceptors (Lipinski definition) is 4. The van der Waals surface area contributed by atoms with E-state index in [0.717, 1.165) is 50.1 Å². The smallest absolute Gasteiger partial charge is 0.168 e. The minimum atomic E-state index is 0.601. The van der Waals surface area contributed by atoms with E-state index in [0.29, 0.717) is 17.5 Å². The maximum absolute atomic E-state index is 5.39. The van der Waals surface area contributed by atoms with Gasteiger partial charge in [-0.25, -0.2) is 15.0 Å². The maximum Gasteiger partial charge on any atom is 0.168 e. The summed E-state index contributed by atoms with van der Waals surface area (Å²) in [4.78, 5) is 15.9. The van der Waals surface area contributed by atoms with Gasteiger partial charge in [-0.2, -0.15) is 0 Å². The Bertz CT molecular complexity index is 3410. The largest absolute Gasteiger partial charge is 0.308 e. The molecule has 8 aromatic carbocycles. The summed E-state index contributed by atoms with van der Waals surface area (Å²) in [6.45, 7) is 0. The monoisotopic (exact) mass is 745 g/mol. The van der Waals surface area contributed by atoms with Crippen LogP contribution in [0.1, 0.15) is 0 Å². The summed E-state index contributed by atoms with van der Waals surface area (Å²) in [6, 6.07) is 66.6. The molecule has 12 aromatic rings. The summed E-state index contributed by atoms with van der Waals surface area (Å²) in [7, 11) is 0. The van der Waals surface area contributed by atoms with Crippen molar-refractivity contribution >= 4 is 75.1 Å². The van der Waals surface area contributed by atoms with Crippen LogP contribution in [0, 0.1) is 0 Å². The maximum atomic E-state index is 5.39. The molecule has 4 heterocycles. The Morgan fingerprint density at radius 2 is 0.772 bits per heavy atom. The fraction of sp³-hybridized carbons (Fsp3) is 0. The Kier molecular flexibility index (Phi) is 7.03. The van der Waals surface area contributed by atoms with Gasteiger partial charge in [0.05, 0.1) is 39.0 Å². The molecular formula is C51H31N5S. The van der Waals surface area contributed by atoms with E-state index in [4.69, 9.17) is 15.0 Å². The van der Waals surface area contributed by atoms with E-state index >= 15 is 0 Å². The van der Waals surface area contributed by atoms with Gasteiger partial charge < -0.3 is 9.13 Å². The van der Waals surface area contributed by atoms with Crippen LogP contribution in [0.3, 0.4) is 0 Å². The number of para-hydroxylation sites is 3.